The van der Waals surface area contributed by atoms with E-state index in [0.29, 0.717) is 0 Å². The minimum atomic E-state index is -0.733. The van der Waals surface area contributed by atoms with E-state index in [2.05, 4.69) is 4.99 Å². The lowest BCUT2D eigenvalue weighted by atomic mass is 10.4. The van der Waals surface area contributed by atoms with Gasteiger partial charge in [0.25, 0.3) is 0 Å². The fourth-order valence-electron chi connectivity index (χ4n) is 0.343. The molecule has 0 aliphatic heterocycles. The molecule has 0 aliphatic carbocycles. The van der Waals surface area contributed by atoms with Crippen LogP contribution in [0.4, 0.5) is 0 Å². The Balaban J connectivity index is 4.14. The smallest absolute Gasteiger partial charge is 0.315 e. The summed E-state index contributed by atoms with van der Waals surface area (Å²) in [5.41, 5.74) is 4.93. The average molecular weight is 168 g/mol. The van der Waals surface area contributed by atoms with Crippen molar-refractivity contribution < 1.29 is 4.92 Å². The summed E-state index contributed by atoms with van der Waals surface area (Å²) in [7, 11) is 0. The molecule has 0 radical (unpaired) electrons. The highest BCUT2D eigenvalue weighted by atomic mass is 16.6. The summed E-state index contributed by atoms with van der Waals surface area (Å²) in [5.74, 6) is -0.496. The van der Waals surface area contributed by atoms with Gasteiger partial charge in [0, 0.05) is 12.3 Å². The van der Waals surface area contributed by atoms with Crippen LogP contribution < -0.4 is 5.73 Å². The number of nitrogens with two attached hydrogens (primary N) is 1. The third-order valence-corrected chi connectivity index (χ3v) is 0.953. The molecule has 0 aromatic rings. The molecule has 64 valence electrons. The van der Waals surface area contributed by atoms with Gasteiger partial charge in [-0.2, -0.15) is 5.26 Å². The second kappa shape index (κ2) is 4.85. The van der Waals surface area contributed by atoms with Gasteiger partial charge in [0.15, 0.2) is 0 Å². The van der Waals surface area contributed by atoms with Crippen LogP contribution in [0.1, 0.15) is 6.92 Å². The van der Waals surface area contributed by atoms with E-state index in [-0.39, 0.29) is 0 Å². The molecule has 0 aliphatic rings. The predicted molar refractivity (Wildman–Crippen MR) is 42.8 cm³/mol. The summed E-state index contributed by atoms with van der Waals surface area (Å²) < 4.78 is 0. The molecule has 12 heavy (non-hydrogen) atoms. The van der Waals surface area contributed by atoms with Gasteiger partial charge < -0.3 is 10.1 Å². The largest absolute Gasteiger partial charge is 0.358 e. The second-order valence-corrected chi connectivity index (χ2v) is 1.95. The summed E-state index contributed by atoms with van der Waals surface area (Å²) in [6, 6.07) is 1.32. The molecule has 0 saturated heterocycles. The Labute approximate surface area is 69.2 Å². The zero-order valence-electron chi connectivity index (χ0n) is 6.47. The van der Waals surface area contributed by atoms with Gasteiger partial charge >= 0.3 is 5.82 Å². The Hall–Kier alpha value is -1.90. The van der Waals surface area contributed by atoms with Gasteiger partial charge in [0.05, 0.1) is 6.07 Å². The maximum Gasteiger partial charge on any atom is 0.315 e. The molecule has 0 amide bonds. The highest BCUT2D eigenvalue weighted by molar-refractivity contribution is 5.71. The topological polar surface area (TPSA) is 105 Å². The molecular weight excluding hydrogens is 160 g/mol. The third-order valence-electron chi connectivity index (χ3n) is 0.953. The number of nitro groups is 1. The molecular formula is C6H8N4O2. The first kappa shape index (κ1) is 10.1. The maximum atomic E-state index is 9.93. The van der Waals surface area contributed by atoms with Crippen LogP contribution in [-0.4, -0.2) is 17.2 Å². The van der Waals surface area contributed by atoms with Crippen LogP contribution in [0, 0.1) is 21.4 Å². The molecule has 0 saturated carbocycles. The van der Waals surface area contributed by atoms with Crippen LogP contribution in [0.5, 0.6) is 0 Å². The SMILES string of the molecule is C[C@@H](C#N)N=CC=C(N)[N+](=O)[O-]. The molecule has 0 aromatic carbocycles. The number of aliphatic imine (C=N–C) groups is 1. The van der Waals surface area contributed by atoms with Crippen molar-refractivity contribution in [2.45, 2.75) is 13.0 Å². The first-order chi connectivity index (χ1) is 5.57. The van der Waals surface area contributed by atoms with Crippen molar-refractivity contribution in [3.8, 4) is 6.07 Å². The van der Waals surface area contributed by atoms with Crippen molar-refractivity contribution in [1.82, 2.24) is 0 Å². The highest BCUT2D eigenvalue weighted by Crippen LogP contribution is 1.86. The molecule has 0 aromatic heterocycles. The molecule has 0 spiro atoms. The first-order valence-corrected chi connectivity index (χ1v) is 3.11. The van der Waals surface area contributed by atoms with Gasteiger partial charge in [-0.05, 0) is 11.8 Å². The fourth-order valence-corrected chi connectivity index (χ4v) is 0.343. The van der Waals surface area contributed by atoms with Crippen molar-refractivity contribution in [3.63, 3.8) is 0 Å². The summed E-state index contributed by atoms with van der Waals surface area (Å²) in [6.07, 6.45) is 2.18. The summed E-state index contributed by atoms with van der Waals surface area (Å²) in [6.45, 7) is 1.56. The summed E-state index contributed by atoms with van der Waals surface area (Å²) >= 11 is 0. The van der Waals surface area contributed by atoms with Crippen molar-refractivity contribution in [2.24, 2.45) is 10.7 Å². The molecule has 6 nitrogen and oxygen atoms in total. The summed E-state index contributed by atoms with van der Waals surface area (Å²) in [4.78, 5) is 12.8. The number of nitriles is 1. The van der Waals surface area contributed by atoms with Gasteiger partial charge in [-0.15, -0.1) is 0 Å². The van der Waals surface area contributed by atoms with Crippen molar-refractivity contribution in [1.29, 1.82) is 5.26 Å². The lowest BCUT2D eigenvalue weighted by Gasteiger charge is -1.90. The molecule has 0 rings (SSSR count). The Morgan fingerprint density at radius 2 is 2.50 bits per heavy atom. The van der Waals surface area contributed by atoms with Gasteiger partial charge in [0.2, 0.25) is 0 Å². The van der Waals surface area contributed by atoms with E-state index in [1.54, 1.807) is 6.92 Å². The van der Waals surface area contributed by atoms with Crippen LogP contribution in [0.3, 0.4) is 0 Å². The van der Waals surface area contributed by atoms with Gasteiger partial charge in [-0.3, -0.25) is 10.7 Å². The molecule has 0 fully saturated rings. The quantitative estimate of drug-likeness (QED) is 0.365. The van der Waals surface area contributed by atoms with Crippen molar-refractivity contribution in [2.75, 3.05) is 0 Å². The minimum absolute atomic E-state index is 0.496. The number of nitrogens with zero attached hydrogens (tertiary/aromatic N) is 3. The van der Waals surface area contributed by atoms with E-state index in [0.717, 1.165) is 12.3 Å². The first-order valence-electron chi connectivity index (χ1n) is 3.11. The Bertz CT molecular complexity index is 263. The van der Waals surface area contributed by atoms with Crippen LogP contribution >= 0.6 is 0 Å². The molecule has 0 bridgehead atoms. The zero-order valence-corrected chi connectivity index (χ0v) is 6.47. The number of hydrogen-bond acceptors (Lipinski definition) is 5. The second-order valence-electron chi connectivity index (χ2n) is 1.95. The molecule has 0 heterocycles. The van der Waals surface area contributed by atoms with Crippen LogP contribution in [0.25, 0.3) is 0 Å². The van der Waals surface area contributed by atoms with E-state index < -0.39 is 16.8 Å². The van der Waals surface area contributed by atoms with Gasteiger partial charge in [0.1, 0.15) is 6.04 Å². The lowest BCUT2D eigenvalue weighted by molar-refractivity contribution is -0.426. The minimum Gasteiger partial charge on any atom is -0.358 e. The van der Waals surface area contributed by atoms with E-state index in [9.17, 15) is 10.1 Å². The van der Waals surface area contributed by atoms with Crippen LogP contribution in [0.2, 0.25) is 0 Å². The highest BCUT2D eigenvalue weighted by Gasteiger charge is 1.96. The van der Waals surface area contributed by atoms with E-state index in [1.807, 2.05) is 6.07 Å². The number of rotatable bonds is 3. The Morgan fingerprint density at radius 3 is 2.92 bits per heavy atom. The average Bonchev–Trinajstić information content (AvgIpc) is 2.03. The molecule has 2 N–H and O–H groups in total. The number of hydrogen-bond donors (Lipinski definition) is 1. The van der Waals surface area contributed by atoms with Gasteiger partial charge in [-0.25, -0.2) is 0 Å². The lowest BCUT2D eigenvalue weighted by Crippen LogP contribution is -2.08. The van der Waals surface area contributed by atoms with Crippen molar-refractivity contribution >= 4 is 6.21 Å². The van der Waals surface area contributed by atoms with Crippen molar-refractivity contribution in [3.05, 3.63) is 22.0 Å². The Morgan fingerprint density at radius 1 is 1.92 bits per heavy atom. The van der Waals surface area contributed by atoms with E-state index in [4.69, 9.17) is 11.0 Å². The normalized spacial score (nSPS) is 14.2. The zero-order chi connectivity index (χ0) is 9.56. The molecule has 0 unspecified atom stereocenters. The van der Waals surface area contributed by atoms with Gasteiger partial charge in [-0.1, -0.05) is 0 Å². The predicted octanol–water partition coefficient (Wildman–Crippen LogP) is 0.0461. The fraction of sp³-hybridized carbons (Fsp3) is 0.333. The molecule has 1 atom stereocenters. The molecule has 6 heteroatoms. The van der Waals surface area contributed by atoms with E-state index >= 15 is 0 Å². The van der Waals surface area contributed by atoms with Crippen LogP contribution in [0.15, 0.2) is 16.9 Å². The summed E-state index contributed by atoms with van der Waals surface area (Å²) in [5, 5.41) is 18.2. The standard InChI is InChI=1S/C6H8N4O2/c1-5(4-7)9-3-2-6(8)10(11)12/h2-3,5H,8H2,1H3/t5-/m0/s1. The Kier molecular flexibility index (Phi) is 4.08. The third kappa shape index (κ3) is 4.00. The van der Waals surface area contributed by atoms with E-state index in [1.165, 1.54) is 0 Å². The van der Waals surface area contributed by atoms with Crippen LogP contribution in [-0.2, 0) is 0 Å². The monoisotopic (exact) mass is 168 g/mol. The number of allylic oxidation sites excluding steroid dienone is 1. The maximum absolute atomic E-state index is 9.93.